The first kappa shape index (κ1) is 20.9. The van der Waals surface area contributed by atoms with E-state index in [1.165, 1.54) is 30.8 Å². The number of guanidine groups is 1. The first-order valence-corrected chi connectivity index (χ1v) is 9.93. The Hall–Kier alpha value is -0.380. The lowest BCUT2D eigenvalue weighted by molar-refractivity contribution is 0.181. The van der Waals surface area contributed by atoms with Crippen LogP contribution in [0.5, 0.6) is 0 Å². The van der Waals surface area contributed by atoms with E-state index in [-0.39, 0.29) is 24.0 Å². The molecule has 2 atom stereocenters. The van der Waals surface area contributed by atoms with Gasteiger partial charge in [0.2, 0.25) is 0 Å². The maximum Gasteiger partial charge on any atom is 0.193 e. The number of hydrogen-bond donors (Lipinski definition) is 1. The zero-order valence-electron chi connectivity index (χ0n) is 15.3. The van der Waals surface area contributed by atoms with Gasteiger partial charge in [-0.1, -0.05) is 6.07 Å². The summed E-state index contributed by atoms with van der Waals surface area (Å²) in [5, 5.41) is 5.79. The molecule has 5 nitrogen and oxygen atoms in total. The summed E-state index contributed by atoms with van der Waals surface area (Å²) >= 11 is 1.86. The summed E-state index contributed by atoms with van der Waals surface area (Å²) in [4.78, 5) is 10.8. The number of aliphatic imine (C=N–C) groups is 1. The zero-order valence-corrected chi connectivity index (χ0v) is 18.5. The molecule has 7 heteroatoms. The van der Waals surface area contributed by atoms with Crippen LogP contribution in [0.25, 0.3) is 0 Å². The smallest absolute Gasteiger partial charge is 0.193 e. The third-order valence-electron chi connectivity index (χ3n) is 5.04. The summed E-state index contributed by atoms with van der Waals surface area (Å²) in [6.45, 7) is 6.12. The molecule has 2 aliphatic heterocycles. The number of hydrogen-bond acceptors (Lipinski definition) is 4. The van der Waals surface area contributed by atoms with Gasteiger partial charge in [-0.15, -0.1) is 35.3 Å². The molecule has 0 bridgehead atoms. The lowest BCUT2D eigenvalue weighted by Gasteiger charge is -2.30. The average Bonchev–Trinajstić information content (AvgIpc) is 3.34. The van der Waals surface area contributed by atoms with Crippen LogP contribution in [0.1, 0.15) is 30.2 Å². The van der Waals surface area contributed by atoms with Crippen molar-refractivity contribution in [2.75, 3.05) is 53.5 Å². The van der Waals surface area contributed by atoms with Crippen LogP contribution in [0.4, 0.5) is 0 Å². The zero-order chi connectivity index (χ0) is 16.8. The molecule has 1 aromatic heterocycles. The van der Waals surface area contributed by atoms with E-state index in [4.69, 9.17) is 4.74 Å². The van der Waals surface area contributed by atoms with Crippen molar-refractivity contribution in [1.82, 2.24) is 15.1 Å². The molecule has 2 aliphatic rings. The van der Waals surface area contributed by atoms with E-state index in [1.807, 2.05) is 18.4 Å². The third-order valence-corrected chi connectivity index (χ3v) is 6.01. The molecule has 0 amide bonds. The molecule has 2 saturated heterocycles. The van der Waals surface area contributed by atoms with Crippen molar-refractivity contribution in [2.45, 2.75) is 25.3 Å². The summed E-state index contributed by atoms with van der Waals surface area (Å²) < 4.78 is 5.49. The standard InChI is InChI=1S/C18H30N4OS.HI/c1-19-18(21(2)13-15-7-10-23-14-15)20-12-16(17-6-5-11-24-17)22-8-3-4-9-22;/h5-6,11,15-16H,3-4,7-10,12-14H2,1-2H3,(H,19,20);1H. The van der Waals surface area contributed by atoms with Crippen molar-refractivity contribution < 1.29 is 4.74 Å². The van der Waals surface area contributed by atoms with Gasteiger partial charge in [0.25, 0.3) is 0 Å². The van der Waals surface area contributed by atoms with Gasteiger partial charge in [0.15, 0.2) is 5.96 Å². The van der Waals surface area contributed by atoms with Gasteiger partial charge in [-0.25, -0.2) is 0 Å². The van der Waals surface area contributed by atoms with Crippen molar-refractivity contribution in [3.05, 3.63) is 22.4 Å². The maximum absolute atomic E-state index is 5.49. The molecule has 2 unspecified atom stereocenters. The van der Waals surface area contributed by atoms with Gasteiger partial charge in [-0.05, 0) is 43.8 Å². The fraction of sp³-hybridized carbons (Fsp3) is 0.722. The molecule has 3 heterocycles. The molecular formula is C18H31IN4OS. The topological polar surface area (TPSA) is 40.1 Å². The van der Waals surface area contributed by atoms with Gasteiger partial charge in [0, 0.05) is 44.6 Å². The first-order chi connectivity index (χ1) is 11.8. The van der Waals surface area contributed by atoms with E-state index in [2.05, 4.69) is 44.7 Å². The second-order valence-electron chi connectivity index (χ2n) is 6.81. The number of likely N-dealkylation sites (tertiary alicyclic amines) is 1. The fourth-order valence-electron chi connectivity index (χ4n) is 3.72. The molecular weight excluding hydrogens is 447 g/mol. The SMILES string of the molecule is CN=C(NCC(c1cccs1)N1CCCC1)N(C)CC1CCOC1.I. The van der Waals surface area contributed by atoms with Gasteiger partial charge in [0.1, 0.15) is 0 Å². The molecule has 0 saturated carbocycles. The van der Waals surface area contributed by atoms with Crippen LogP contribution in [0.3, 0.4) is 0 Å². The Balaban J connectivity index is 0.00000225. The second kappa shape index (κ2) is 10.7. The van der Waals surface area contributed by atoms with Crippen LogP contribution >= 0.6 is 35.3 Å². The van der Waals surface area contributed by atoms with E-state index >= 15 is 0 Å². The molecule has 3 rings (SSSR count). The molecule has 2 fully saturated rings. The van der Waals surface area contributed by atoms with Crippen molar-refractivity contribution >= 4 is 41.3 Å². The molecule has 142 valence electrons. The van der Waals surface area contributed by atoms with E-state index < -0.39 is 0 Å². The highest BCUT2D eigenvalue weighted by molar-refractivity contribution is 14.0. The van der Waals surface area contributed by atoms with Crippen LogP contribution in [-0.4, -0.2) is 69.2 Å². The van der Waals surface area contributed by atoms with Gasteiger partial charge >= 0.3 is 0 Å². The number of nitrogens with zero attached hydrogens (tertiary/aromatic N) is 3. The monoisotopic (exact) mass is 478 g/mol. The lowest BCUT2D eigenvalue weighted by Crippen LogP contribution is -2.44. The minimum Gasteiger partial charge on any atom is -0.381 e. The number of ether oxygens (including phenoxy) is 1. The largest absolute Gasteiger partial charge is 0.381 e. The van der Waals surface area contributed by atoms with Crippen molar-refractivity contribution in [3.63, 3.8) is 0 Å². The average molecular weight is 478 g/mol. The highest BCUT2D eigenvalue weighted by Gasteiger charge is 2.25. The van der Waals surface area contributed by atoms with Gasteiger partial charge < -0.3 is 15.0 Å². The van der Waals surface area contributed by atoms with Crippen LogP contribution in [0.15, 0.2) is 22.5 Å². The number of thiophene rings is 1. The van der Waals surface area contributed by atoms with Crippen LogP contribution in [-0.2, 0) is 4.74 Å². The minimum absolute atomic E-state index is 0. The predicted octanol–water partition coefficient (Wildman–Crippen LogP) is 3.05. The van der Waals surface area contributed by atoms with Crippen molar-refractivity contribution in [2.24, 2.45) is 10.9 Å². The van der Waals surface area contributed by atoms with Crippen LogP contribution in [0, 0.1) is 5.92 Å². The molecule has 1 N–H and O–H groups in total. The van der Waals surface area contributed by atoms with E-state index in [0.29, 0.717) is 12.0 Å². The molecule has 25 heavy (non-hydrogen) atoms. The van der Waals surface area contributed by atoms with E-state index in [1.54, 1.807) is 0 Å². The van der Waals surface area contributed by atoms with E-state index in [0.717, 1.165) is 38.7 Å². The Bertz CT molecular complexity index is 513. The van der Waals surface area contributed by atoms with Gasteiger partial charge in [-0.2, -0.15) is 0 Å². The third kappa shape index (κ3) is 5.80. The second-order valence-corrected chi connectivity index (χ2v) is 7.79. The van der Waals surface area contributed by atoms with Crippen LogP contribution in [0.2, 0.25) is 0 Å². The normalized spacial score (nSPS) is 22.6. The number of halogens is 1. The quantitative estimate of drug-likeness (QED) is 0.388. The van der Waals surface area contributed by atoms with E-state index in [9.17, 15) is 0 Å². The Labute approximate surface area is 172 Å². The molecule has 0 radical (unpaired) electrons. The Morgan fingerprint density at radius 1 is 1.48 bits per heavy atom. The summed E-state index contributed by atoms with van der Waals surface area (Å²) in [7, 11) is 4.00. The predicted molar refractivity (Wildman–Crippen MR) is 116 cm³/mol. The minimum atomic E-state index is 0. The van der Waals surface area contributed by atoms with Gasteiger partial charge in [-0.3, -0.25) is 9.89 Å². The summed E-state index contributed by atoms with van der Waals surface area (Å²) in [6, 6.07) is 4.87. The number of nitrogens with one attached hydrogen (secondary N) is 1. The summed E-state index contributed by atoms with van der Waals surface area (Å²) in [6.07, 6.45) is 3.79. The molecule has 0 aliphatic carbocycles. The Morgan fingerprint density at radius 2 is 2.28 bits per heavy atom. The Kier molecular flexibility index (Phi) is 8.95. The highest BCUT2D eigenvalue weighted by Crippen LogP contribution is 2.27. The lowest BCUT2D eigenvalue weighted by atomic mass is 10.1. The van der Waals surface area contributed by atoms with Crippen LogP contribution < -0.4 is 5.32 Å². The molecule has 0 spiro atoms. The molecule has 1 aromatic rings. The highest BCUT2D eigenvalue weighted by atomic mass is 127. The number of rotatable bonds is 6. The van der Waals surface area contributed by atoms with Crippen molar-refractivity contribution in [1.29, 1.82) is 0 Å². The summed E-state index contributed by atoms with van der Waals surface area (Å²) in [5.41, 5.74) is 0. The molecule has 0 aromatic carbocycles. The first-order valence-electron chi connectivity index (χ1n) is 9.05. The maximum atomic E-state index is 5.49. The summed E-state index contributed by atoms with van der Waals surface area (Å²) in [5.74, 6) is 1.61. The van der Waals surface area contributed by atoms with Crippen molar-refractivity contribution in [3.8, 4) is 0 Å². The fourth-order valence-corrected chi connectivity index (χ4v) is 4.58. The van der Waals surface area contributed by atoms with Gasteiger partial charge in [0.05, 0.1) is 12.6 Å². The Morgan fingerprint density at radius 3 is 2.88 bits per heavy atom.